The van der Waals surface area contributed by atoms with E-state index in [4.69, 9.17) is 16.3 Å². The van der Waals surface area contributed by atoms with E-state index in [1.54, 1.807) is 22.9 Å². The molecule has 2 aromatic carbocycles. The highest BCUT2D eigenvalue weighted by Gasteiger charge is 2.31. The molecule has 0 spiro atoms. The van der Waals surface area contributed by atoms with Gasteiger partial charge in [-0.1, -0.05) is 49.7 Å². The molecule has 2 heterocycles. The third-order valence-corrected chi connectivity index (χ3v) is 7.62. The quantitative estimate of drug-likeness (QED) is 0.521. The third kappa shape index (κ3) is 5.75. The Hall–Kier alpha value is -2.84. The molecule has 33 heavy (non-hydrogen) atoms. The summed E-state index contributed by atoms with van der Waals surface area (Å²) in [6.45, 7) is 4.05. The zero-order chi connectivity index (χ0) is 23.6. The van der Waals surface area contributed by atoms with Gasteiger partial charge >= 0.3 is 0 Å². The van der Waals surface area contributed by atoms with E-state index in [0.717, 1.165) is 5.56 Å². The van der Waals surface area contributed by atoms with Crippen LogP contribution in [0.15, 0.2) is 54.6 Å². The highest BCUT2D eigenvalue weighted by Crippen LogP contribution is 2.30. The number of sulfone groups is 1. The standard InChI is InChI=1S/C24H26ClN3O4S/c1-16(2)17-5-9-21(10-6-17)32-14-24(29)26-23-13-22(18-3-7-19(25)8-4-18)27-28(23)20-11-12-33(30,31)15-20/h3-10,13,16,20H,11-12,14-15H2,1-2H3,(H,26,29). The lowest BCUT2D eigenvalue weighted by atomic mass is 10.0. The smallest absolute Gasteiger partial charge is 0.263 e. The Kier molecular flexibility index (Phi) is 6.76. The van der Waals surface area contributed by atoms with Gasteiger partial charge in [0, 0.05) is 16.7 Å². The van der Waals surface area contributed by atoms with E-state index in [1.807, 2.05) is 36.4 Å². The first kappa shape index (κ1) is 23.3. The summed E-state index contributed by atoms with van der Waals surface area (Å²) in [7, 11) is -3.12. The number of nitrogens with one attached hydrogen (secondary N) is 1. The average Bonchev–Trinajstić information content (AvgIpc) is 3.35. The SMILES string of the molecule is CC(C)c1ccc(OCC(=O)Nc2cc(-c3ccc(Cl)cc3)nn2C2CCS(=O)(=O)C2)cc1. The number of hydrogen-bond donors (Lipinski definition) is 1. The number of rotatable bonds is 7. The van der Waals surface area contributed by atoms with Crippen LogP contribution in [0.5, 0.6) is 5.75 Å². The summed E-state index contributed by atoms with van der Waals surface area (Å²) in [5.41, 5.74) is 2.63. The van der Waals surface area contributed by atoms with Crippen molar-refractivity contribution in [2.24, 2.45) is 0 Å². The van der Waals surface area contributed by atoms with Crippen LogP contribution in [0.25, 0.3) is 11.3 Å². The summed E-state index contributed by atoms with van der Waals surface area (Å²) in [5, 5.41) is 8.04. The van der Waals surface area contributed by atoms with Gasteiger partial charge in [-0.2, -0.15) is 5.10 Å². The minimum atomic E-state index is -3.12. The van der Waals surface area contributed by atoms with Gasteiger partial charge < -0.3 is 10.1 Å². The summed E-state index contributed by atoms with van der Waals surface area (Å²) in [4.78, 5) is 12.6. The Labute approximate surface area is 198 Å². The van der Waals surface area contributed by atoms with Crippen LogP contribution in [0, 0.1) is 0 Å². The largest absolute Gasteiger partial charge is 0.484 e. The number of benzene rings is 2. The molecule has 0 aliphatic carbocycles. The van der Waals surface area contributed by atoms with Gasteiger partial charge in [-0.05, 0) is 42.2 Å². The van der Waals surface area contributed by atoms with Crippen molar-refractivity contribution >= 4 is 33.2 Å². The van der Waals surface area contributed by atoms with E-state index in [1.165, 1.54) is 5.56 Å². The van der Waals surface area contributed by atoms with Gasteiger partial charge in [0.15, 0.2) is 16.4 Å². The van der Waals surface area contributed by atoms with Crippen molar-refractivity contribution in [3.05, 3.63) is 65.2 Å². The maximum absolute atomic E-state index is 12.6. The fourth-order valence-electron chi connectivity index (χ4n) is 3.77. The average molecular weight is 488 g/mol. The molecule has 0 saturated carbocycles. The van der Waals surface area contributed by atoms with Crippen LogP contribution in [0.3, 0.4) is 0 Å². The molecule has 1 aliphatic heterocycles. The van der Waals surface area contributed by atoms with Crippen LogP contribution in [0.2, 0.25) is 5.02 Å². The second kappa shape index (κ2) is 9.57. The summed E-state index contributed by atoms with van der Waals surface area (Å²) < 4.78 is 31.3. The lowest BCUT2D eigenvalue weighted by Crippen LogP contribution is -2.23. The Morgan fingerprint density at radius 2 is 1.88 bits per heavy atom. The number of ether oxygens (including phenoxy) is 1. The molecule has 1 atom stereocenters. The maximum atomic E-state index is 12.6. The number of anilines is 1. The van der Waals surface area contributed by atoms with Crippen LogP contribution in [-0.2, 0) is 14.6 Å². The molecule has 3 aromatic rings. The van der Waals surface area contributed by atoms with Crippen LogP contribution >= 0.6 is 11.6 Å². The Balaban J connectivity index is 1.51. The van der Waals surface area contributed by atoms with Gasteiger partial charge in [0.1, 0.15) is 11.6 Å². The van der Waals surface area contributed by atoms with E-state index in [0.29, 0.717) is 34.6 Å². The highest BCUT2D eigenvalue weighted by molar-refractivity contribution is 7.91. The number of nitrogens with zero attached hydrogens (tertiary/aromatic N) is 2. The van der Waals surface area contributed by atoms with E-state index in [9.17, 15) is 13.2 Å². The lowest BCUT2D eigenvalue weighted by Gasteiger charge is -2.14. The Morgan fingerprint density at radius 3 is 2.48 bits per heavy atom. The molecule has 0 radical (unpaired) electrons. The van der Waals surface area contributed by atoms with E-state index >= 15 is 0 Å². The second-order valence-corrected chi connectivity index (χ2v) is 11.1. The molecule has 1 saturated heterocycles. The molecule has 1 unspecified atom stereocenters. The number of carbonyl (C=O) groups is 1. The predicted octanol–water partition coefficient (Wildman–Crippen LogP) is 4.70. The highest BCUT2D eigenvalue weighted by atomic mass is 35.5. The predicted molar refractivity (Wildman–Crippen MR) is 130 cm³/mol. The number of amides is 1. The third-order valence-electron chi connectivity index (χ3n) is 5.61. The van der Waals surface area contributed by atoms with Crippen molar-refractivity contribution in [2.75, 3.05) is 23.4 Å². The van der Waals surface area contributed by atoms with Gasteiger partial charge in [-0.25, -0.2) is 13.1 Å². The molecule has 1 fully saturated rings. The zero-order valence-corrected chi connectivity index (χ0v) is 20.1. The van der Waals surface area contributed by atoms with Gasteiger partial charge in [0.2, 0.25) is 0 Å². The molecule has 0 bridgehead atoms. The second-order valence-electron chi connectivity index (χ2n) is 8.48. The lowest BCUT2D eigenvalue weighted by molar-refractivity contribution is -0.118. The summed E-state index contributed by atoms with van der Waals surface area (Å²) in [6, 6.07) is 16.2. The first-order valence-electron chi connectivity index (χ1n) is 10.8. The first-order chi connectivity index (χ1) is 15.7. The zero-order valence-electron chi connectivity index (χ0n) is 18.5. The molecule has 9 heteroatoms. The minimum absolute atomic E-state index is 0.00366. The molecule has 174 valence electrons. The topological polar surface area (TPSA) is 90.3 Å². The van der Waals surface area contributed by atoms with Crippen LogP contribution in [0.4, 0.5) is 5.82 Å². The van der Waals surface area contributed by atoms with Crippen molar-refractivity contribution in [3.8, 4) is 17.0 Å². The molecule has 1 aromatic heterocycles. The van der Waals surface area contributed by atoms with Gasteiger partial charge in [-0.15, -0.1) is 0 Å². The van der Waals surface area contributed by atoms with E-state index in [-0.39, 0.29) is 30.1 Å². The fraction of sp³-hybridized carbons (Fsp3) is 0.333. The Bertz CT molecular complexity index is 1240. The molecule has 7 nitrogen and oxygen atoms in total. The molecule has 4 rings (SSSR count). The molecule has 1 N–H and O–H groups in total. The van der Waals surface area contributed by atoms with Gasteiger partial charge in [0.25, 0.3) is 5.91 Å². The molecule has 1 aliphatic rings. The summed E-state index contributed by atoms with van der Waals surface area (Å²) in [6.07, 6.45) is 0.450. The normalized spacial score (nSPS) is 17.3. The van der Waals surface area contributed by atoms with Crippen molar-refractivity contribution in [1.29, 1.82) is 0 Å². The van der Waals surface area contributed by atoms with Crippen LogP contribution in [-0.4, -0.2) is 42.2 Å². The maximum Gasteiger partial charge on any atom is 0.263 e. The van der Waals surface area contributed by atoms with Crippen molar-refractivity contribution in [2.45, 2.75) is 32.2 Å². The van der Waals surface area contributed by atoms with Crippen molar-refractivity contribution in [3.63, 3.8) is 0 Å². The number of carbonyl (C=O) groups excluding carboxylic acids is 1. The molecule has 1 amide bonds. The fourth-order valence-corrected chi connectivity index (χ4v) is 5.59. The first-order valence-corrected chi connectivity index (χ1v) is 13.0. The Morgan fingerprint density at radius 1 is 1.18 bits per heavy atom. The van der Waals surface area contributed by atoms with Crippen LogP contribution in [0.1, 0.15) is 37.8 Å². The summed E-state index contributed by atoms with van der Waals surface area (Å²) >= 11 is 5.99. The minimum Gasteiger partial charge on any atom is -0.484 e. The number of aromatic nitrogens is 2. The van der Waals surface area contributed by atoms with Gasteiger partial charge in [-0.3, -0.25) is 4.79 Å². The molecular formula is C24H26ClN3O4S. The monoisotopic (exact) mass is 487 g/mol. The van der Waals surface area contributed by atoms with Crippen molar-refractivity contribution < 1.29 is 17.9 Å². The van der Waals surface area contributed by atoms with E-state index in [2.05, 4.69) is 24.3 Å². The summed E-state index contributed by atoms with van der Waals surface area (Å²) in [5.74, 6) is 1.20. The van der Waals surface area contributed by atoms with Crippen LogP contribution < -0.4 is 10.1 Å². The van der Waals surface area contributed by atoms with Gasteiger partial charge in [0.05, 0.1) is 23.2 Å². The van der Waals surface area contributed by atoms with E-state index < -0.39 is 9.84 Å². The molecular weight excluding hydrogens is 462 g/mol. The number of hydrogen-bond acceptors (Lipinski definition) is 5. The number of halogens is 1. The van der Waals surface area contributed by atoms with Crippen molar-refractivity contribution in [1.82, 2.24) is 9.78 Å².